The van der Waals surface area contributed by atoms with Crippen LogP contribution in [0.1, 0.15) is 303 Å². The maximum Gasteiger partial charge on any atom is 0.306 e. The van der Waals surface area contributed by atoms with E-state index in [0.29, 0.717) is 17.4 Å². The Bertz CT molecular complexity index is 1380. The summed E-state index contributed by atoms with van der Waals surface area (Å²) in [6.07, 6.45) is 70.3. The van der Waals surface area contributed by atoms with E-state index < -0.39 is 24.3 Å². The summed E-state index contributed by atoms with van der Waals surface area (Å²) in [7, 11) is 5.93. The Balaban J connectivity index is 4.09. The molecular weight excluding hydrogens is 947 g/mol. The first-order chi connectivity index (χ1) is 37.1. The van der Waals surface area contributed by atoms with Crippen molar-refractivity contribution >= 4 is 17.9 Å². The van der Waals surface area contributed by atoms with E-state index in [9.17, 15) is 19.5 Å². The van der Waals surface area contributed by atoms with E-state index in [1.165, 1.54) is 225 Å². The summed E-state index contributed by atoms with van der Waals surface area (Å²) in [5, 5.41) is 11.8. The average Bonchev–Trinajstić information content (AvgIpc) is 3.39. The Hall–Kier alpha value is -2.75. The lowest BCUT2D eigenvalue weighted by molar-refractivity contribution is -0.870. The maximum atomic E-state index is 12.9. The molecular formula is C67H123NO8. The van der Waals surface area contributed by atoms with Gasteiger partial charge in [0.15, 0.2) is 12.4 Å². The lowest BCUT2D eigenvalue weighted by Crippen LogP contribution is -2.44. The highest BCUT2D eigenvalue weighted by atomic mass is 16.7. The van der Waals surface area contributed by atoms with Crippen molar-refractivity contribution in [2.45, 2.75) is 315 Å². The summed E-state index contributed by atoms with van der Waals surface area (Å²) in [6, 6.07) is 0. The number of hydrogen-bond acceptors (Lipinski definition) is 8. The van der Waals surface area contributed by atoms with E-state index in [2.05, 4.69) is 62.5 Å². The first kappa shape index (κ1) is 73.2. The molecule has 0 amide bonds. The van der Waals surface area contributed by atoms with Crippen LogP contribution in [-0.2, 0) is 33.3 Å². The number of esters is 2. The Labute approximate surface area is 470 Å². The SMILES string of the molecule is CCCCCCC/C=C\C/C=C\C/C=C\CCCCCCCCCCCCCCCCCCCCC(=O)OC(COC(=O)CCCCCCCCC/C=C\CCCCCCCCC)COC(OCC[N+](C)(C)C)C(=O)[O-]. The van der Waals surface area contributed by atoms with Crippen molar-refractivity contribution in [3.05, 3.63) is 48.6 Å². The van der Waals surface area contributed by atoms with Gasteiger partial charge in [-0.25, -0.2) is 0 Å². The monoisotopic (exact) mass is 1070 g/mol. The molecule has 9 heteroatoms. The second-order valence-electron chi connectivity index (χ2n) is 23.0. The van der Waals surface area contributed by atoms with E-state index in [4.69, 9.17) is 18.9 Å². The fraction of sp³-hybridized carbons (Fsp3) is 0.836. The summed E-state index contributed by atoms with van der Waals surface area (Å²) in [5.41, 5.74) is 0. The van der Waals surface area contributed by atoms with E-state index in [0.717, 1.165) is 44.9 Å². The Morgan fingerprint density at radius 1 is 0.395 bits per heavy atom. The fourth-order valence-electron chi connectivity index (χ4n) is 9.31. The fourth-order valence-corrected chi connectivity index (χ4v) is 9.31. The lowest BCUT2D eigenvalue weighted by Gasteiger charge is -2.26. The smallest absolute Gasteiger partial charge is 0.306 e. The molecule has 0 rings (SSSR count). The van der Waals surface area contributed by atoms with Gasteiger partial charge in [0.05, 0.1) is 40.3 Å². The number of allylic oxidation sites excluding steroid dienone is 8. The average molecular weight is 1070 g/mol. The molecule has 0 saturated carbocycles. The summed E-state index contributed by atoms with van der Waals surface area (Å²) in [4.78, 5) is 37.4. The predicted octanol–water partition coefficient (Wildman–Crippen LogP) is 18.1. The van der Waals surface area contributed by atoms with Gasteiger partial charge in [0.1, 0.15) is 13.2 Å². The van der Waals surface area contributed by atoms with E-state index in [1.807, 2.05) is 21.1 Å². The molecule has 0 aromatic rings. The second-order valence-corrected chi connectivity index (χ2v) is 23.0. The number of quaternary nitrogens is 1. The summed E-state index contributed by atoms with van der Waals surface area (Å²) >= 11 is 0. The zero-order valence-electron chi connectivity index (χ0n) is 50.6. The number of carboxylic acids is 1. The van der Waals surface area contributed by atoms with Crippen LogP contribution in [0, 0.1) is 0 Å². The van der Waals surface area contributed by atoms with Gasteiger partial charge in [0.25, 0.3) is 0 Å². The van der Waals surface area contributed by atoms with Crippen LogP contribution in [0.4, 0.5) is 0 Å². The molecule has 0 aromatic carbocycles. The molecule has 0 heterocycles. The van der Waals surface area contributed by atoms with Gasteiger partial charge in [-0.05, 0) is 77.0 Å². The molecule has 0 saturated heterocycles. The van der Waals surface area contributed by atoms with E-state index in [-0.39, 0.29) is 38.6 Å². The van der Waals surface area contributed by atoms with Gasteiger partial charge in [-0.2, -0.15) is 0 Å². The molecule has 76 heavy (non-hydrogen) atoms. The number of carbonyl (C=O) groups excluding carboxylic acids is 3. The van der Waals surface area contributed by atoms with E-state index in [1.54, 1.807) is 0 Å². The van der Waals surface area contributed by atoms with Gasteiger partial charge in [-0.1, -0.05) is 262 Å². The van der Waals surface area contributed by atoms with Crippen LogP contribution < -0.4 is 5.11 Å². The molecule has 0 bridgehead atoms. The Morgan fingerprint density at radius 2 is 0.711 bits per heavy atom. The molecule has 0 aliphatic carbocycles. The third-order valence-electron chi connectivity index (χ3n) is 14.3. The number of likely N-dealkylation sites (N-methyl/N-ethyl adjacent to an activating group) is 1. The molecule has 9 nitrogen and oxygen atoms in total. The molecule has 0 fully saturated rings. The summed E-state index contributed by atoms with van der Waals surface area (Å²) < 4.78 is 22.7. The third kappa shape index (κ3) is 58.9. The number of rotatable bonds is 60. The van der Waals surface area contributed by atoms with Crippen molar-refractivity contribution < 1.29 is 42.9 Å². The Morgan fingerprint density at radius 3 is 1.07 bits per heavy atom. The van der Waals surface area contributed by atoms with E-state index >= 15 is 0 Å². The molecule has 0 radical (unpaired) electrons. The summed E-state index contributed by atoms with van der Waals surface area (Å²) in [5.74, 6) is -2.27. The minimum Gasteiger partial charge on any atom is -0.545 e. The zero-order valence-corrected chi connectivity index (χ0v) is 50.6. The minimum absolute atomic E-state index is 0.148. The topological polar surface area (TPSA) is 111 Å². The van der Waals surface area contributed by atoms with Gasteiger partial charge in [0.2, 0.25) is 0 Å². The van der Waals surface area contributed by atoms with Gasteiger partial charge >= 0.3 is 11.9 Å². The van der Waals surface area contributed by atoms with Crippen molar-refractivity contribution in [1.82, 2.24) is 0 Å². The van der Waals surface area contributed by atoms with Crippen molar-refractivity contribution in [1.29, 1.82) is 0 Å². The van der Waals surface area contributed by atoms with Crippen molar-refractivity contribution in [3.8, 4) is 0 Å². The van der Waals surface area contributed by atoms with Crippen molar-refractivity contribution in [3.63, 3.8) is 0 Å². The number of carbonyl (C=O) groups is 3. The first-order valence-electron chi connectivity index (χ1n) is 32.3. The molecule has 2 atom stereocenters. The van der Waals surface area contributed by atoms with Crippen molar-refractivity contribution in [2.24, 2.45) is 0 Å². The number of carboxylic acid groups (broad SMARTS) is 1. The van der Waals surface area contributed by atoms with Gasteiger partial charge in [-0.3, -0.25) is 9.59 Å². The highest BCUT2D eigenvalue weighted by molar-refractivity contribution is 5.70. The zero-order chi connectivity index (χ0) is 55.5. The molecule has 0 N–H and O–H groups in total. The normalized spacial score (nSPS) is 13.0. The maximum absolute atomic E-state index is 12.9. The highest BCUT2D eigenvalue weighted by Crippen LogP contribution is 2.17. The first-order valence-corrected chi connectivity index (χ1v) is 32.3. The van der Waals surface area contributed by atoms with Crippen LogP contribution >= 0.6 is 0 Å². The highest BCUT2D eigenvalue weighted by Gasteiger charge is 2.22. The standard InChI is InChI=1S/C67H123NO8/c1-6-8-10-12-14-16-18-20-22-24-26-27-28-29-30-31-32-33-34-35-36-37-38-39-40-42-44-46-48-50-52-54-56-58-65(70)76-63(62-75-67(66(71)72)73-60-59-68(3,4)5)61-74-64(69)57-55-53-51-49-47-45-43-41-25-23-21-19-17-15-13-11-9-7-2/h18,20,23-26,28-29,63,67H,6-17,19,21-22,27,30-62H2,1-5H3/b20-18-,25-23-,26-24-,29-28-. The van der Waals surface area contributed by atoms with Crippen molar-refractivity contribution in [2.75, 3.05) is 47.5 Å². The number of nitrogens with zero attached hydrogens (tertiary/aromatic N) is 1. The summed E-state index contributed by atoms with van der Waals surface area (Å²) in [6.45, 7) is 4.77. The largest absolute Gasteiger partial charge is 0.545 e. The number of ether oxygens (including phenoxy) is 4. The molecule has 0 aliphatic rings. The predicted molar refractivity (Wildman–Crippen MR) is 320 cm³/mol. The quantitative estimate of drug-likeness (QED) is 0.0195. The molecule has 2 unspecified atom stereocenters. The second kappa shape index (κ2) is 58.4. The number of aliphatic carboxylic acids is 1. The lowest BCUT2D eigenvalue weighted by atomic mass is 10.0. The number of unbranched alkanes of at least 4 members (excludes halogenated alkanes) is 37. The molecule has 444 valence electrons. The van der Waals surface area contributed by atoms with Crippen LogP contribution in [0.25, 0.3) is 0 Å². The third-order valence-corrected chi connectivity index (χ3v) is 14.3. The molecule has 0 aromatic heterocycles. The van der Waals surface area contributed by atoms with Crippen LogP contribution in [0.3, 0.4) is 0 Å². The van der Waals surface area contributed by atoms with Gasteiger partial charge < -0.3 is 33.3 Å². The van der Waals surface area contributed by atoms with Crippen LogP contribution in [0.2, 0.25) is 0 Å². The van der Waals surface area contributed by atoms with Crippen LogP contribution in [-0.4, -0.2) is 82.3 Å². The van der Waals surface area contributed by atoms with Gasteiger partial charge in [-0.15, -0.1) is 0 Å². The van der Waals surface area contributed by atoms with Gasteiger partial charge in [0, 0.05) is 12.8 Å². The molecule has 0 spiro atoms. The van der Waals surface area contributed by atoms with Crippen LogP contribution in [0.15, 0.2) is 48.6 Å². The minimum atomic E-state index is -1.62. The number of hydrogen-bond donors (Lipinski definition) is 0. The molecule has 0 aliphatic heterocycles. The Kier molecular flexibility index (Phi) is 56.3. The van der Waals surface area contributed by atoms with Crippen LogP contribution in [0.5, 0.6) is 0 Å².